The van der Waals surface area contributed by atoms with E-state index in [0.29, 0.717) is 43.6 Å². The highest BCUT2D eigenvalue weighted by Gasteiger charge is 2.29. The Kier molecular flexibility index (Phi) is 7.75. The first-order chi connectivity index (χ1) is 14.6. The third kappa shape index (κ3) is 6.53. The molecule has 3 rings (SSSR count). The number of amides is 2. The summed E-state index contributed by atoms with van der Waals surface area (Å²) in [5.41, 5.74) is 1.82. The SMILES string of the molecule is CC1CCC(NS(=O)(=O)CC(=O)N2CCN(C(=O)c3ccc(C(C)C)cc3)CC2)CC1. The average molecular weight is 450 g/mol. The fraction of sp³-hybridized carbons (Fsp3) is 0.652. The summed E-state index contributed by atoms with van der Waals surface area (Å²) in [5, 5.41) is 0. The van der Waals surface area contributed by atoms with Gasteiger partial charge in [0.15, 0.2) is 0 Å². The Bertz CT molecular complexity index is 867. The number of benzene rings is 1. The Balaban J connectivity index is 1.48. The van der Waals surface area contributed by atoms with Gasteiger partial charge in [-0.05, 0) is 55.2 Å². The first kappa shape index (κ1) is 23.7. The highest BCUT2D eigenvalue weighted by molar-refractivity contribution is 7.90. The van der Waals surface area contributed by atoms with Crippen LogP contribution in [0.1, 0.15) is 68.3 Å². The minimum Gasteiger partial charge on any atom is -0.338 e. The minimum atomic E-state index is -3.65. The van der Waals surface area contributed by atoms with Crippen molar-refractivity contribution in [3.05, 3.63) is 35.4 Å². The number of nitrogens with one attached hydrogen (secondary N) is 1. The van der Waals surface area contributed by atoms with Gasteiger partial charge in [0.25, 0.3) is 5.91 Å². The molecule has 0 aromatic heterocycles. The number of piperazine rings is 1. The van der Waals surface area contributed by atoms with Crippen LogP contribution in [0.3, 0.4) is 0 Å². The normalized spacial score (nSPS) is 22.6. The number of sulfonamides is 1. The highest BCUT2D eigenvalue weighted by atomic mass is 32.2. The molecule has 0 bridgehead atoms. The third-order valence-electron chi connectivity index (χ3n) is 6.42. The summed E-state index contributed by atoms with van der Waals surface area (Å²) in [6, 6.07) is 7.58. The van der Waals surface area contributed by atoms with Crippen LogP contribution in [0, 0.1) is 5.92 Å². The maximum Gasteiger partial charge on any atom is 0.253 e. The zero-order chi connectivity index (χ0) is 22.6. The molecular formula is C23H35N3O4S. The van der Waals surface area contributed by atoms with E-state index >= 15 is 0 Å². The number of carbonyl (C=O) groups excluding carboxylic acids is 2. The second-order valence-corrected chi connectivity index (χ2v) is 11.0. The molecular weight excluding hydrogens is 414 g/mol. The van der Waals surface area contributed by atoms with Gasteiger partial charge >= 0.3 is 0 Å². The monoisotopic (exact) mass is 449 g/mol. The van der Waals surface area contributed by atoms with Gasteiger partial charge in [0.2, 0.25) is 15.9 Å². The molecule has 0 unspecified atom stereocenters. The van der Waals surface area contributed by atoms with Crippen LogP contribution in [-0.2, 0) is 14.8 Å². The molecule has 1 saturated carbocycles. The van der Waals surface area contributed by atoms with E-state index in [1.807, 2.05) is 24.3 Å². The minimum absolute atomic E-state index is 0.0526. The maximum absolute atomic E-state index is 12.7. The van der Waals surface area contributed by atoms with Crippen molar-refractivity contribution in [2.75, 3.05) is 31.9 Å². The molecule has 2 aliphatic rings. The number of hydrogen-bond donors (Lipinski definition) is 1. The van der Waals surface area contributed by atoms with Crippen molar-refractivity contribution in [3.63, 3.8) is 0 Å². The lowest BCUT2D eigenvalue weighted by atomic mass is 9.88. The fourth-order valence-electron chi connectivity index (χ4n) is 4.28. The first-order valence-electron chi connectivity index (χ1n) is 11.3. The molecule has 1 aliphatic carbocycles. The number of carbonyl (C=O) groups is 2. The van der Waals surface area contributed by atoms with Gasteiger partial charge in [-0.15, -0.1) is 0 Å². The van der Waals surface area contributed by atoms with Gasteiger partial charge in [0.05, 0.1) is 0 Å². The molecule has 2 fully saturated rings. The number of hydrogen-bond acceptors (Lipinski definition) is 4. The molecule has 1 heterocycles. The largest absolute Gasteiger partial charge is 0.338 e. The van der Waals surface area contributed by atoms with Crippen molar-refractivity contribution in [1.29, 1.82) is 0 Å². The van der Waals surface area contributed by atoms with E-state index in [1.165, 1.54) is 5.56 Å². The predicted molar refractivity (Wildman–Crippen MR) is 121 cm³/mol. The van der Waals surface area contributed by atoms with Gasteiger partial charge < -0.3 is 9.80 Å². The number of nitrogens with zero attached hydrogens (tertiary/aromatic N) is 2. The van der Waals surface area contributed by atoms with Crippen LogP contribution < -0.4 is 4.72 Å². The Labute approximate surface area is 186 Å². The van der Waals surface area contributed by atoms with Gasteiger partial charge in [0, 0.05) is 37.8 Å². The summed E-state index contributed by atoms with van der Waals surface area (Å²) in [4.78, 5) is 28.6. The lowest BCUT2D eigenvalue weighted by Gasteiger charge is -2.35. The van der Waals surface area contributed by atoms with E-state index < -0.39 is 21.7 Å². The van der Waals surface area contributed by atoms with E-state index in [9.17, 15) is 18.0 Å². The molecule has 1 saturated heterocycles. The Hall–Kier alpha value is -1.93. The molecule has 0 radical (unpaired) electrons. The molecule has 172 valence electrons. The van der Waals surface area contributed by atoms with Gasteiger partial charge in [-0.25, -0.2) is 13.1 Å². The lowest BCUT2D eigenvalue weighted by molar-refractivity contribution is -0.129. The van der Waals surface area contributed by atoms with E-state index in [4.69, 9.17) is 0 Å². The van der Waals surface area contributed by atoms with Crippen LogP contribution in [0.5, 0.6) is 0 Å². The van der Waals surface area contributed by atoms with Crippen molar-refractivity contribution in [2.45, 2.75) is 58.4 Å². The van der Waals surface area contributed by atoms with Gasteiger partial charge in [-0.1, -0.05) is 32.9 Å². The quantitative estimate of drug-likeness (QED) is 0.723. The van der Waals surface area contributed by atoms with Crippen LogP contribution >= 0.6 is 0 Å². The molecule has 8 heteroatoms. The molecule has 31 heavy (non-hydrogen) atoms. The van der Waals surface area contributed by atoms with Crippen molar-refractivity contribution in [2.24, 2.45) is 5.92 Å². The van der Waals surface area contributed by atoms with Crippen LogP contribution in [0.15, 0.2) is 24.3 Å². The van der Waals surface area contributed by atoms with Gasteiger partial charge in [-0.2, -0.15) is 0 Å². The molecule has 1 aliphatic heterocycles. The molecule has 1 aromatic carbocycles. The molecule has 1 aromatic rings. The molecule has 0 spiro atoms. The molecule has 0 atom stereocenters. The van der Waals surface area contributed by atoms with Gasteiger partial charge in [0.1, 0.15) is 5.75 Å². The predicted octanol–water partition coefficient (Wildman–Crippen LogP) is 2.59. The average Bonchev–Trinajstić information content (AvgIpc) is 2.74. The van der Waals surface area contributed by atoms with E-state index in [0.717, 1.165) is 25.7 Å². The van der Waals surface area contributed by atoms with E-state index in [2.05, 4.69) is 25.5 Å². The molecule has 2 amide bonds. The van der Waals surface area contributed by atoms with Crippen molar-refractivity contribution < 1.29 is 18.0 Å². The summed E-state index contributed by atoms with van der Waals surface area (Å²) in [7, 11) is -3.65. The standard InChI is InChI=1S/C23H35N3O4S/c1-17(2)19-6-8-20(9-7-19)23(28)26-14-12-25(13-15-26)22(27)16-31(29,30)24-21-10-4-18(3)5-11-21/h6-9,17-18,21,24H,4-5,10-16H2,1-3H3. The van der Waals surface area contributed by atoms with Crippen LogP contribution in [0.4, 0.5) is 0 Å². The Morgan fingerprint density at radius 1 is 0.968 bits per heavy atom. The third-order valence-corrected chi connectivity index (χ3v) is 7.74. The van der Waals surface area contributed by atoms with Gasteiger partial charge in [-0.3, -0.25) is 9.59 Å². The second-order valence-electron chi connectivity index (χ2n) is 9.28. The zero-order valence-corrected chi connectivity index (χ0v) is 19.7. The highest BCUT2D eigenvalue weighted by Crippen LogP contribution is 2.24. The summed E-state index contributed by atoms with van der Waals surface area (Å²) < 4.78 is 27.6. The first-order valence-corrected chi connectivity index (χ1v) is 13.0. The summed E-state index contributed by atoms with van der Waals surface area (Å²) in [6.45, 7) is 7.92. The van der Waals surface area contributed by atoms with E-state index in [-0.39, 0.29) is 11.9 Å². The van der Waals surface area contributed by atoms with Crippen molar-refractivity contribution >= 4 is 21.8 Å². The lowest BCUT2D eigenvalue weighted by Crippen LogP contribution is -2.52. The second kappa shape index (κ2) is 10.1. The van der Waals surface area contributed by atoms with Crippen molar-refractivity contribution in [3.8, 4) is 0 Å². The van der Waals surface area contributed by atoms with Crippen LogP contribution in [0.25, 0.3) is 0 Å². The summed E-state index contributed by atoms with van der Waals surface area (Å²) >= 11 is 0. The van der Waals surface area contributed by atoms with E-state index in [1.54, 1.807) is 9.80 Å². The van der Waals surface area contributed by atoms with Crippen LogP contribution in [0.2, 0.25) is 0 Å². The van der Waals surface area contributed by atoms with Crippen molar-refractivity contribution in [1.82, 2.24) is 14.5 Å². The Morgan fingerprint density at radius 3 is 2.06 bits per heavy atom. The smallest absolute Gasteiger partial charge is 0.253 e. The maximum atomic E-state index is 12.7. The topological polar surface area (TPSA) is 86.8 Å². The number of rotatable bonds is 6. The summed E-state index contributed by atoms with van der Waals surface area (Å²) in [5.74, 6) is 0.0675. The fourth-order valence-corrected chi connectivity index (χ4v) is 5.61. The molecule has 1 N–H and O–H groups in total. The Morgan fingerprint density at radius 2 is 1.52 bits per heavy atom. The summed E-state index contributed by atoms with van der Waals surface area (Å²) in [6.07, 6.45) is 3.68. The van der Waals surface area contributed by atoms with Crippen LogP contribution in [-0.4, -0.2) is 68.0 Å². The molecule has 7 nitrogen and oxygen atoms in total. The zero-order valence-electron chi connectivity index (χ0n) is 18.8.